The molecule has 0 aliphatic carbocycles. The number of carbonyl (C=O) groups excluding carboxylic acids is 1. The van der Waals surface area contributed by atoms with Gasteiger partial charge in [0.05, 0.1) is 18.7 Å². The summed E-state index contributed by atoms with van der Waals surface area (Å²) in [6.45, 7) is 7.32. The second-order valence-electron chi connectivity index (χ2n) is 6.72. The molecule has 1 unspecified atom stereocenters. The molecule has 0 spiro atoms. The molecule has 4 N–H and O–H groups in total. The number of hydrogen-bond acceptors (Lipinski definition) is 6. The maximum Gasteiger partial charge on any atom is 0.304 e. The van der Waals surface area contributed by atoms with Gasteiger partial charge in [-0.1, -0.05) is 25.7 Å². The number of benzene rings is 1. The average Bonchev–Trinajstić information content (AvgIpc) is 3.05. The number of thiazole rings is 1. The molecule has 3 rings (SSSR count). The number of fused-ring (bicyclic) bond motifs is 3. The van der Waals surface area contributed by atoms with E-state index in [1.165, 1.54) is 0 Å². The van der Waals surface area contributed by atoms with Crippen LogP contribution in [0.3, 0.4) is 0 Å². The summed E-state index contributed by atoms with van der Waals surface area (Å²) in [6.07, 6.45) is -0.146. The fraction of sp³-hybridized carbons (Fsp3) is 0.381. The minimum Gasteiger partial charge on any atom is -0.492 e. The number of primary amides is 1. The summed E-state index contributed by atoms with van der Waals surface area (Å²) in [5, 5.41) is 19.1. The summed E-state index contributed by atoms with van der Waals surface area (Å²) in [6, 6.07) is 5.22. The van der Waals surface area contributed by atoms with Gasteiger partial charge < -0.3 is 20.7 Å². The van der Waals surface area contributed by atoms with E-state index in [9.17, 15) is 19.8 Å². The number of hydrogen-bond donors (Lipinski definition) is 3. The van der Waals surface area contributed by atoms with Gasteiger partial charge in [0.15, 0.2) is 5.01 Å². The molecular formula is C21H24N2O5S. The number of aliphatic hydroxyl groups is 1. The zero-order valence-electron chi connectivity index (χ0n) is 16.8. The summed E-state index contributed by atoms with van der Waals surface area (Å²) >= 11 is 1.09. The van der Waals surface area contributed by atoms with Crippen LogP contribution in [0, 0.1) is 11.8 Å². The van der Waals surface area contributed by atoms with Crippen LogP contribution in [0.4, 0.5) is 0 Å². The molecule has 154 valence electrons. The minimum atomic E-state index is -1.14. The Bertz CT molecular complexity index is 979. The Morgan fingerprint density at radius 1 is 1.38 bits per heavy atom. The van der Waals surface area contributed by atoms with Crippen molar-refractivity contribution < 1.29 is 24.5 Å². The Labute approximate surface area is 173 Å². The molecule has 8 heteroatoms. The number of aromatic nitrogens is 1. The zero-order valence-corrected chi connectivity index (χ0v) is 17.6. The third kappa shape index (κ3) is 5.56. The van der Waals surface area contributed by atoms with Crippen LogP contribution < -0.4 is 10.5 Å². The normalized spacial score (nSPS) is 14.6. The van der Waals surface area contributed by atoms with Crippen molar-refractivity contribution in [2.75, 3.05) is 6.61 Å². The second-order valence-corrected chi connectivity index (χ2v) is 7.75. The van der Waals surface area contributed by atoms with Gasteiger partial charge in [0.2, 0.25) is 0 Å². The van der Waals surface area contributed by atoms with Crippen molar-refractivity contribution in [1.82, 2.24) is 4.98 Å². The highest BCUT2D eigenvalue weighted by Gasteiger charge is 2.30. The highest BCUT2D eigenvalue weighted by molar-refractivity contribution is 7.14. The molecular weight excluding hydrogens is 392 g/mol. The van der Waals surface area contributed by atoms with E-state index in [1.807, 2.05) is 13.8 Å². The van der Waals surface area contributed by atoms with E-state index < -0.39 is 23.4 Å². The first-order valence-electron chi connectivity index (χ1n) is 9.19. The van der Waals surface area contributed by atoms with Crippen molar-refractivity contribution in [3.63, 3.8) is 0 Å². The molecule has 1 aliphatic rings. The van der Waals surface area contributed by atoms with Crippen molar-refractivity contribution >= 4 is 23.2 Å². The number of ether oxygens (including phenoxy) is 1. The van der Waals surface area contributed by atoms with Crippen LogP contribution in [0.25, 0.3) is 11.3 Å². The summed E-state index contributed by atoms with van der Waals surface area (Å²) < 4.78 is 5.79. The standard InChI is InChI=1S/C19H18N2O5S.C2H6/c1-19(2,25)6-5-10-3-4-13-12(7-10)15-16(27-18(21-15)17(20)24)11(9-26-13)8-14(22)23;1-2/h3-4,7,11,25H,8-9H2,1-2H3,(H2,20,24)(H,22,23);1-2H3. The lowest BCUT2D eigenvalue weighted by atomic mass is 10.00. The number of carbonyl (C=O) groups is 2. The van der Waals surface area contributed by atoms with Gasteiger partial charge in [0.25, 0.3) is 5.91 Å². The number of carboxylic acid groups (broad SMARTS) is 1. The summed E-state index contributed by atoms with van der Waals surface area (Å²) in [7, 11) is 0. The molecule has 7 nitrogen and oxygen atoms in total. The molecule has 1 amide bonds. The number of carboxylic acids is 1. The number of nitrogens with two attached hydrogens (primary N) is 1. The van der Waals surface area contributed by atoms with Crippen molar-refractivity contribution in [1.29, 1.82) is 0 Å². The summed E-state index contributed by atoms with van der Waals surface area (Å²) in [5.41, 5.74) is 5.97. The SMILES string of the molecule is CC.CC(C)(O)C#Cc1ccc2c(c1)-c1nc(C(N)=O)sc1C(CC(=O)O)CO2. The monoisotopic (exact) mass is 416 g/mol. The quantitative estimate of drug-likeness (QED) is 0.661. The molecule has 0 fully saturated rings. The first kappa shape index (κ1) is 22.4. The van der Waals surface area contributed by atoms with Gasteiger partial charge in [-0.2, -0.15) is 0 Å². The lowest BCUT2D eigenvalue weighted by Gasteiger charge is -2.11. The van der Waals surface area contributed by atoms with Crippen molar-refractivity contribution in [2.45, 2.75) is 45.6 Å². The average molecular weight is 416 g/mol. The predicted molar refractivity (Wildman–Crippen MR) is 111 cm³/mol. The fourth-order valence-electron chi connectivity index (χ4n) is 2.68. The fourth-order valence-corrected chi connectivity index (χ4v) is 3.70. The number of amides is 1. The Kier molecular flexibility index (Phi) is 7.01. The molecule has 29 heavy (non-hydrogen) atoms. The Hall–Kier alpha value is -2.89. The van der Waals surface area contributed by atoms with Crippen LogP contribution in [-0.4, -0.2) is 39.3 Å². The van der Waals surface area contributed by atoms with Gasteiger partial charge in [-0.05, 0) is 32.0 Å². The second kappa shape index (κ2) is 9.07. The molecule has 1 aliphatic heterocycles. The van der Waals surface area contributed by atoms with Gasteiger partial charge in [-0.25, -0.2) is 4.98 Å². The van der Waals surface area contributed by atoms with E-state index in [0.717, 1.165) is 11.3 Å². The van der Waals surface area contributed by atoms with Crippen LogP contribution >= 0.6 is 11.3 Å². The maximum atomic E-state index is 11.6. The third-order valence-corrected chi connectivity index (χ3v) is 5.08. The molecule has 1 aromatic heterocycles. The highest BCUT2D eigenvalue weighted by atomic mass is 32.1. The van der Waals surface area contributed by atoms with Crippen molar-refractivity contribution in [3.8, 4) is 28.8 Å². The Morgan fingerprint density at radius 3 is 2.66 bits per heavy atom. The van der Waals surface area contributed by atoms with Crippen molar-refractivity contribution in [3.05, 3.63) is 33.6 Å². The Morgan fingerprint density at radius 2 is 2.07 bits per heavy atom. The molecule has 1 aromatic carbocycles. The van der Waals surface area contributed by atoms with Gasteiger partial charge >= 0.3 is 5.97 Å². The van der Waals surface area contributed by atoms with Crippen LogP contribution in [0.2, 0.25) is 0 Å². The van der Waals surface area contributed by atoms with Crippen LogP contribution in [0.1, 0.15) is 60.3 Å². The first-order valence-corrected chi connectivity index (χ1v) is 10.0. The zero-order chi connectivity index (χ0) is 21.8. The smallest absolute Gasteiger partial charge is 0.304 e. The molecule has 1 atom stereocenters. The van der Waals surface area contributed by atoms with Gasteiger partial charge in [0.1, 0.15) is 11.4 Å². The lowest BCUT2D eigenvalue weighted by Crippen LogP contribution is -2.14. The maximum absolute atomic E-state index is 11.6. The van der Waals surface area contributed by atoms with E-state index in [1.54, 1.807) is 32.0 Å². The van der Waals surface area contributed by atoms with Gasteiger partial charge in [-0.3, -0.25) is 9.59 Å². The minimum absolute atomic E-state index is 0.121. The highest BCUT2D eigenvalue weighted by Crippen LogP contribution is 2.43. The van der Waals surface area contributed by atoms with Gasteiger partial charge in [-0.15, -0.1) is 11.3 Å². The predicted octanol–water partition coefficient (Wildman–Crippen LogP) is 3.01. The van der Waals surface area contributed by atoms with E-state index in [0.29, 0.717) is 27.4 Å². The number of nitrogens with zero attached hydrogens (tertiary/aromatic N) is 1. The van der Waals surface area contributed by atoms with Crippen molar-refractivity contribution in [2.24, 2.45) is 5.73 Å². The topological polar surface area (TPSA) is 123 Å². The Balaban J connectivity index is 0.00000145. The molecule has 0 saturated heterocycles. The van der Waals surface area contributed by atoms with Crippen LogP contribution in [0.15, 0.2) is 18.2 Å². The van der Waals surface area contributed by atoms with Gasteiger partial charge in [0, 0.05) is 21.9 Å². The third-order valence-electron chi connectivity index (χ3n) is 3.84. The molecule has 2 aromatic rings. The first-order chi connectivity index (χ1) is 13.6. The van der Waals surface area contributed by atoms with E-state index in [-0.39, 0.29) is 18.0 Å². The molecule has 0 saturated carbocycles. The number of aliphatic carboxylic acids is 1. The molecule has 2 heterocycles. The van der Waals surface area contributed by atoms with E-state index in [2.05, 4.69) is 16.8 Å². The summed E-state index contributed by atoms with van der Waals surface area (Å²) in [4.78, 5) is 27.8. The number of rotatable bonds is 3. The molecule has 0 radical (unpaired) electrons. The van der Waals surface area contributed by atoms with E-state index >= 15 is 0 Å². The lowest BCUT2D eigenvalue weighted by molar-refractivity contribution is -0.137. The molecule has 0 bridgehead atoms. The largest absolute Gasteiger partial charge is 0.492 e. The summed E-state index contributed by atoms with van der Waals surface area (Å²) in [5.74, 6) is 4.08. The van der Waals surface area contributed by atoms with Crippen LogP contribution in [0.5, 0.6) is 5.75 Å². The van der Waals surface area contributed by atoms with Crippen LogP contribution in [-0.2, 0) is 4.79 Å². The van der Waals surface area contributed by atoms with E-state index in [4.69, 9.17) is 10.5 Å².